The number of anilines is 1. The number of rotatable bonds is 3. The highest BCUT2D eigenvalue weighted by molar-refractivity contribution is 7.19. The molecule has 0 fully saturated rings. The smallest absolute Gasteiger partial charge is 0.260 e. The number of aromatic nitrogens is 2. The van der Waals surface area contributed by atoms with Gasteiger partial charge in [-0.05, 0) is 43.9 Å². The molecule has 1 amide bonds. The van der Waals surface area contributed by atoms with Gasteiger partial charge in [0.2, 0.25) is 0 Å². The van der Waals surface area contributed by atoms with Gasteiger partial charge in [0.25, 0.3) is 5.91 Å². The number of hydrogen-bond acceptors (Lipinski definition) is 5. The van der Waals surface area contributed by atoms with E-state index < -0.39 is 0 Å². The molecule has 0 spiro atoms. The first-order valence-electron chi connectivity index (χ1n) is 8.78. The van der Waals surface area contributed by atoms with Crippen LogP contribution < -0.4 is 10.1 Å². The van der Waals surface area contributed by atoms with Crippen molar-refractivity contribution < 1.29 is 9.53 Å². The van der Waals surface area contributed by atoms with Crippen molar-refractivity contribution >= 4 is 45.6 Å². The third kappa shape index (κ3) is 3.48. The van der Waals surface area contributed by atoms with E-state index in [9.17, 15) is 4.79 Å². The van der Waals surface area contributed by atoms with Crippen LogP contribution >= 0.6 is 34.5 Å². The van der Waals surface area contributed by atoms with Crippen molar-refractivity contribution in [3.63, 3.8) is 0 Å². The van der Waals surface area contributed by atoms with Crippen molar-refractivity contribution in [3.8, 4) is 16.2 Å². The molecule has 1 aliphatic carbocycles. The van der Waals surface area contributed by atoms with Crippen molar-refractivity contribution in [2.24, 2.45) is 0 Å². The summed E-state index contributed by atoms with van der Waals surface area (Å²) in [4.78, 5) is 22.4. The van der Waals surface area contributed by atoms with Crippen LogP contribution in [0.2, 0.25) is 10.3 Å². The van der Waals surface area contributed by atoms with Crippen LogP contribution in [-0.2, 0) is 12.8 Å². The Hall–Kier alpha value is -2.15. The van der Waals surface area contributed by atoms with Crippen molar-refractivity contribution in [2.45, 2.75) is 26.2 Å². The van der Waals surface area contributed by atoms with E-state index in [1.807, 2.05) is 12.1 Å². The number of carbonyl (C=O) groups is 1. The van der Waals surface area contributed by atoms with Gasteiger partial charge >= 0.3 is 0 Å². The fourth-order valence-corrected chi connectivity index (χ4v) is 4.81. The second-order valence-corrected chi connectivity index (χ2v) is 8.24. The van der Waals surface area contributed by atoms with Gasteiger partial charge in [-0.25, -0.2) is 9.97 Å². The SMILES string of the molecule is COc1cccc2c1CCCc1nc(NC(=O)c3cc(C)c(Cl)nc3Cl)sc1-2. The predicted molar refractivity (Wildman–Crippen MR) is 113 cm³/mol. The Labute approximate surface area is 176 Å². The van der Waals surface area contributed by atoms with Crippen molar-refractivity contribution in [2.75, 3.05) is 12.4 Å². The number of pyridine rings is 1. The number of carbonyl (C=O) groups excluding carboxylic acids is 1. The third-order valence-electron chi connectivity index (χ3n) is 4.71. The number of nitrogens with zero attached hydrogens (tertiary/aromatic N) is 2. The predicted octanol–water partition coefficient (Wildman–Crippen LogP) is 5.57. The van der Waals surface area contributed by atoms with E-state index in [0.717, 1.165) is 41.1 Å². The van der Waals surface area contributed by atoms with Gasteiger partial charge in [-0.15, -0.1) is 0 Å². The maximum atomic E-state index is 12.7. The Morgan fingerprint density at radius 2 is 2.04 bits per heavy atom. The van der Waals surface area contributed by atoms with Crippen molar-refractivity contribution in [3.05, 3.63) is 57.0 Å². The summed E-state index contributed by atoms with van der Waals surface area (Å²) >= 11 is 13.5. The number of fused-ring (bicyclic) bond motifs is 3. The molecule has 144 valence electrons. The Kier molecular flexibility index (Phi) is 5.27. The number of nitrogens with one attached hydrogen (secondary N) is 1. The van der Waals surface area contributed by atoms with Gasteiger partial charge in [-0.3, -0.25) is 10.1 Å². The van der Waals surface area contributed by atoms with E-state index in [-0.39, 0.29) is 21.8 Å². The lowest BCUT2D eigenvalue weighted by atomic mass is 10.0. The van der Waals surface area contributed by atoms with Crippen LogP contribution in [0.4, 0.5) is 5.13 Å². The molecular weight excluding hydrogens is 417 g/mol. The quantitative estimate of drug-likeness (QED) is 0.548. The van der Waals surface area contributed by atoms with Crippen LogP contribution in [0.15, 0.2) is 24.3 Å². The summed E-state index contributed by atoms with van der Waals surface area (Å²) in [5.74, 6) is 0.533. The first-order chi connectivity index (χ1) is 13.5. The summed E-state index contributed by atoms with van der Waals surface area (Å²) in [5.41, 5.74) is 4.25. The van der Waals surface area contributed by atoms with E-state index in [4.69, 9.17) is 27.9 Å². The molecular formula is C20H17Cl2N3O2S. The molecule has 3 aromatic rings. The monoisotopic (exact) mass is 433 g/mol. The molecule has 28 heavy (non-hydrogen) atoms. The van der Waals surface area contributed by atoms with Gasteiger partial charge in [0.1, 0.15) is 16.1 Å². The number of amides is 1. The summed E-state index contributed by atoms with van der Waals surface area (Å²) < 4.78 is 5.53. The zero-order chi connectivity index (χ0) is 19.8. The van der Waals surface area contributed by atoms with Gasteiger partial charge in [0.15, 0.2) is 5.13 Å². The first kappa shape index (κ1) is 19.2. The van der Waals surface area contributed by atoms with E-state index in [2.05, 4.69) is 21.4 Å². The second-order valence-electron chi connectivity index (χ2n) is 6.52. The molecule has 1 aromatic carbocycles. The highest BCUT2D eigenvalue weighted by Gasteiger charge is 2.23. The maximum Gasteiger partial charge on any atom is 0.260 e. The number of thiazole rings is 1. The number of benzene rings is 1. The second kappa shape index (κ2) is 7.70. The first-order valence-corrected chi connectivity index (χ1v) is 10.3. The van der Waals surface area contributed by atoms with Gasteiger partial charge < -0.3 is 4.74 Å². The van der Waals surface area contributed by atoms with Crippen LogP contribution in [0, 0.1) is 6.92 Å². The van der Waals surface area contributed by atoms with Crippen LogP contribution in [0.5, 0.6) is 5.75 Å². The highest BCUT2D eigenvalue weighted by atomic mass is 35.5. The summed E-state index contributed by atoms with van der Waals surface area (Å²) in [5, 5.41) is 3.74. The normalized spacial score (nSPS) is 12.7. The van der Waals surface area contributed by atoms with Gasteiger partial charge in [0.05, 0.1) is 23.2 Å². The van der Waals surface area contributed by atoms with Crippen molar-refractivity contribution in [1.29, 1.82) is 0 Å². The van der Waals surface area contributed by atoms with E-state index in [0.29, 0.717) is 10.7 Å². The minimum atomic E-state index is -0.355. The molecule has 0 atom stereocenters. The Balaban J connectivity index is 1.68. The van der Waals surface area contributed by atoms with E-state index >= 15 is 0 Å². The lowest BCUT2D eigenvalue weighted by Gasteiger charge is -2.10. The zero-order valence-electron chi connectivity index (χ0n) is 15.3. The number of hydrogen-bond donors (Lipinski definition) is 1. The molecule has 1 N–H and O–H groups in total. The third-order valence-corrected chi connectivity index (χ3v) is 6.42. The number of methoxy groups -OCH3 is 1. The lowest BCUT2D eigenvalue weighted by molar-refractivity contribution is 0.102. The van der Waals surface area contributed by atoms with Gasteiger partial charge in [-0.2, -0.15) is 0 Å². The highest BCUT2D eigenvalue weighted by Crippen LogP contribution is 2.41. The summed E-state index contributed by atoms with van der Waals surface area (Å²) in [6.07, 6.45) is 2.76. The average Bonchev–Trinajstić information content (AvgIpc) is 2.98. The number of ether oxygens (including phenoxy) is 1. The molecule has 0 unspecified atom stereocenters. The Morgan fingerprint density at radius 3 is 2.82 bits per heavy atom. The topological polar surface area (TPSA) is 64.1 Å². The molecule has 8 heteroatoms. The lowest BCUT2D eigenvalue weighted by Crippen LogP contribution is -2.13. The summed E-state index contributed by atoms with van der Waals surface area (Å²) in [7, 11) is 1.69. The Morgan fingerprint density at radius 1 is 1.21 bits per heavy atom. The molecule has 0 radical (unpaired) electrons. The van der Waals surface area contributed by atoms with Crippen LogP contribution in [0.1, 0.15) is 33.6 Å². The van der Waals surface area contributed by atoms with Gasteiger partial charge in [-0.1, -0.05) is 46.7 Å². The van der Waals surface area contributed by atoms with Crippen LogP contribution in [-0.4, -0.2) is 23.0 Å². The molecule has 2 heterocycles. The Bertz CT molecular complexity index is 1080. The van der Waals surface area contributed by atoms with E-state index in [1.165, 1.54) is 16.9 Å². The molecule has 0 bridgehead atoms. The summed E-state index contributed by atoms with van der Waals surface area (Å²) in [6, 6.07) is 7.67. The minimum absolute atomic E-state index is 0.0706. The molecule has 0 saturated carbocycles. The van der Waals surface area contributed by atoms with Crippen LogP contribution in [0.25, 0.3) is 10.4 Å². The molecule has 0 saturated heterocycles. The standard InChI is InChI=1S/C20H17Cl2N3O2S/c1-10-9-13(18(22)24-17(10)21)19(26)25-20-23-14-7-3-5-11-12(16(14)28-20)6-4-8-15(11)27-2/h4,6,8-9H,3,5,7H2,1-2H3,(H,23,25,26). The van der Waals surface area contributed by atoms with E-state index in [1.54, 1.807) is 20.1 Å². The maximum absolute atomic E-state index is 12.7. The molecule has 2 aromatic heterocycles. The molecule has 5 nitrogen and oxygen atoms in total. The number of halogens is 2. The number of aryl methyl sites for hydroxylation is 2. The van der Waals surface area contributed by atoms with Crippen LogP contribution in [0.3, 0.4) is 0 Å². The average molecular weight is 434 g/mol. The fourth-order valence-electron chi connectivity index (χ4n) is 3.34. The molecule has 1 aliphatic rings. The fraction of sp³-hybridized carbons (Fsp3) is 0.250. The van der Waals surface area contributed by atoms with Crippen molar-refractivity contribution in [1.82, 2.24) is 9.97 Å². The van der Waals surface area contributed by atoms with Gasteiger partial charge in [0, 0.05) is 11.1 Å². The largest absolute Gasteiger partial charge is 0.496 e. The minimum Gasteiger partial charge on any atom is -0.496 e. The summed E-state index contributed by atoms with van der Waals surface area (Å²) in [6.45, 7) is 1.78. The zero-order valence-corrected chi connectivity index (χ0v) is 17.6. The molecule has 0 aliphatic heterocycles. The molecule has 4 rings (SSSR count).